The number of H-pyrrole nitrogens is 2. The third-order valence-electron chi connectivity index (χ3n) is 3.67. The molecule has 0 aliphatic rings. The standard InChI is InChI=1S/C14H9N7O4/c22-13-14(23)18-10-8(17-13)5-9(19-3-1-15-6-19)11(21(24)25)12(10)20-4-2-16-7-20/h1-7H,(H,17,22)(H,18,23). The van der Waals surface area contributed by atoms with E-state index in [1.165, 1.54) is 52.6 Å². The van der Waals surface area contributed by atoms with Gasteiger partial charge in [0.25, 0.3) is 0 Å². The number of imidazole rings is 2. The molecule has 124 valence electrons. The predicted molar refractivity (Wildman–Crippen MR) is 86.1 cm³/mol. The molecule has 11 nitrogen and oxygen atoms in total. The summed E-state index contributed by atoms with van der Waals surface area (Å²) in [6, 6.07) is 1.41. The Kier molecular flexibility index (Phi) is 3.07. The van der Waals surface area contributed by atoms with E-state index in [9.17, 15) is 19.7 Å². The maximum atomic E-state index is 11.8. The van der Waals surface area contributed by atoms with Crippen molar-refractivity contribution in [3.05, 3.63) is 74.3 Å². The Bertz CT molecular complexity index is 1200. The first-order valence-electron chi connectivity index (χ1n) is 7.00. The smallest absolute Gasteiger partial charge is 0.316 e. The molecule has 2 N–H and O–H groups in total. The van der Waals surface area contributed by atoms with Gasteiger partial charge >= 0.3 is 16.8 Å². The summed E-state index contributed by atoms with van der Waals surface area (Å²) in [6.45, 7) is 0. The Labute approximate surface area is 137 Å². The highest BCUT2D eigenvalue weighted by molar-refractivity contribution is 5.92. The van der Waals surface area contributed by atoms with Crippen LogP contribution in [0.1, 0.15) is 0 Å². The van der Waals surface area contributed by atoms with Gasteiger partial charge in [0.2, 0.25) is 0 Å². The number of fused-ring (bicyclic) bond motifs is 1. The topological polar surface area (TPSA) is 144 Å². The molecule has 25 heavy (non-hydrogen) atoms. The van der Waals surface area contributed by atoms with Crippen LogP contribution >= 0.6 is 0 Å². The first kappa shape index (κ1) is 14.6. The van der Waals surface area contributed by atoms with Gasteiger partial charge in [-0.05, 0) is 6.07 Å². The number of aromatic nitrogens is 6. The summed E-state index contributed by atoms with van der Waals surface area (Å²) in [4.78, 5) is 47.3. The van der Waals surface area contributed by atoms with Crippen LogP contribution in [0.25, 0.3) is 22.4 Å². The summed E-state index contributed by atoms with van der Waals surface area (Å²) < 4.78 is 2.84. The highest BCUT2D eigenvalue weighted by atomic mass is 16.6. The second-order valence-electron chi connectivity index (χ2n) is 5.12. The lowest BCUT2D eigenvalue weighted by molar-refractivity contribution is -0.384. The molecule has 4 rings (SSSR count). The number of nitrogens with one attached hydrogen (secondary N) is 2. The summed E-state index contributed by atoms with van der Waals surface area (Å²) in [6.07, 6.45) is 8.72. The molecule has 0 saturated carbocycles. The fourth-order valence-corrected chi connectivity index (χ4v) is 2.64. The number of hydrogen-bond acceptors (Lipinski definition) is 6. The van der Waals surface area contributed by atoms with Gasteiger partial charge in [-0.25, -0.2) is 9.97 Å². The second-order valence-corrected chi connectivity index (χ2v) is 5.12. The Balaban J connectivity index is 2.26. The Morgan fingerprint density at radius 3 is 2.24 bits per heavy atom. The van der Waals surface area contributed by atoms with Crippen molar-refractivity contribution in [3.8, 4) is 11.4 Å². The number of nitro benzene ring substituents is 1. The van der Waals surface area contributed by atoms with Crippen molar-refractivity contribution < 1.29 is 4.92 Å². The molecule has 0 unspecified atom stereocenters. The monoisotopic (exact) mass is 339 g/mol. The van der Waals surface area contributed by atoms with E-state index in [1.807, 2.05) is 0 Å². The van der Waals surface area contributed by atoms with E-state index in [4.69, 9.17) is 0 Å². The summed E-state index contributed by atoms with van der Waals surface area (Å²) in [5.41, 5.74) is -1.40. The molecule has 0 amide bonds. The van der Waals surface area contributed by atoms with Crippen molar-refractivity contribution in [2.75, 3.05) is 0 Å². The van der Waals surface area contributed by atoms with Gasteiger partial charge in [0.1, 0.15) is 5.69 Å². The summed E-state index contributed by atoms with van der Waals surface area (Å²) in [5.74, 6) is 0. The van der Waals surface area contributed by atoms with Gasteiger partial charge in [-0.3, -0.25) is 24.3 Å². The van der Waals surface area contributed by atoms with Gasteiger partial charge < -0.3 is 14.5 Å². The number of benzene rings is 1. The zero-order valence-electron chi connectivity index (χ0n) is 12.4. The molecule has 0 saturated heterocycles. The normalized spacial score (nSPS) is 11.0. The lowest BCUT2D eigenvalue weighted by atomic mass is 10.1. The summed E-state index contributed by atoms with van der Waals surface area (Å²) >= 11 is 0. The first-order valence-corrected chi connectivity index (χ1v) is 7.00. The third-order valence-corrected chi connectivity index (χ3v) is 3.67. The summed E-state index contributed by atoms with van der Waals surface area (Å²) in [7, 11) is 0. The molecule has 0 fully saturated rings. The van der Waals surface area contributed by atoms with Crippen molar-refractivity contribution in [1.29, 1.82) is 0 Å². The van der Waals surface area contributed by atoms with Crippen LogP contribution in [-0.4, -0.2) is 34.0 Å². The van der Waals surface area contributed by atoms with Crippen LogP contribution in [0, 0.1) is 10.1 Å². The highest BCUT2D eigenvalue weighted by Crippen LogP contribution is 2.34. The van der Waals surface area contributed by atoms with Gasteiger partial charge in [0.05, 0.1) is 28.6 Å². The van der Waals surface area contributed by atoms with E-state index in [0.29, 0.717) is 0 Å². The Hall–Kier alpha value is -4.02. The maximum Gasteiger partial charge on any atom is 0.319 e. The zero-order chi connectivity index (χ0) is 17.6. The van der Waals surface area contributed by atoms with Crippen LogP contribution in [0.3, 0.4) is 0 Å². The second kappa shape index (κ2) is 5.26. The number of nitro groups is 1. The molecule has 0 atom stereocenters. The van der Waals surface area contributed by atoms with Gasteiger partial charge in [-0.15, -0.1) is 0 Å². The molecule has 3 heterocycles. The van der Waals surface area contributed by atoms with Crippen LogP contribution in [0.2, 0.25) is 0 Å². The Morgan fingerprint density at radius 2 is 1.64 bits per heavy atom. The van der Waals surface area contributed by atoms with Crippen molar-refractivity contribution in [2.24, 2.45) is 0 Å². The fourth-order valence-electron chi connectivity index (χ4n) is 2.64. The van der Waals surface area contributed by atoms with E-state index >= 15 is 0 Å². The molecule has 1 aromatic carbocycles. The van der Waals surface area contributed by atoms with Crippen LogP contribution in [-0.2, 0) is 0 Å². The molecule has 0 radical (unpaired) electrons. The van der Waals surface area contributed by atoms with Gasteiger partial charge in [0, 0.05) is 24.8 Å². The van der Waals surface area contributed by atoms with E-state index in [1.54, 1.807) is 0 Å². The van der Waals surface area contributed by atoms with Gasteiger partial charge in [0.15, 0.2) is 5.69 Å². The molecular formula is C14H9N7O4. The SMILES string of the molecule is O=c1[nH]c2cc(-n3ccnc3)c([N+](=O)[O-])c(-n3ccnc3)c2[nH]c1=O. The first-order chi connectivity index (χ1) is 12.1. The minimum absolute atomic E-state index is 0.0806. The largest absolute Gasteiger partial charge is 0.319 e. The third kappa shape index (κ3) is 2.22. The molecule has 4 aromatic rings. The van der Waals surface area contributed by atoms with Crippen LogP contribution in [0.5, 0.6) is 0 Å². The highest BCUT2D eigenvalue weighted by Gasteiger charge is 2.26. The van der Waals surface area contributed by atoms with E-state index in [0.717, 1.165) is 0 Å². The molecule has 0 spiro atoms. The van der Waals surface area contributed by atoms with Crippen LogP contribution < -0.4 is 11.1 Å². The van der Waals surface area contributed by atoms with Crippen LogP contribution in [0.4, 0.5) is 5.69 Å². The maximum absolute atomic E-state index is 11.8. The number of rotatable bonds is 3. The van der Waals surface area contributed by atoms with Gasteiger partial charge in [-0.1, -0.05) is 0 Å². The molecule has 11 heteroatoms. The fraction of sp³-hybridized carbons (Fsp3) is 0. The molecule has 0 aliphatic carbocycles. The Morgan fingerprint density at radius 1 is 1.00 bits per heavy atom. The average molecular weight is 339 g/mol. The van der Waals surface area contributed by atoms with E-state index in [2.05, 4.69) is 19.9 Å². The minimum Gasteiger partial charge on any atom is -0.316 e. The van der Waals surface area contributed by atoms with E-state index < -0.39 is 16.0 Å². The molecule has 0 bridgehead atoms. The number of nitrogens with zero attached hydrogens (tertiary/aromatic N) is 5. The van der Waals surface area contributed by atoms with Gasteiger partial charge in [-0.2, -0.15) is 0 Å². The van der Waals surface area contributed by atoms with Crippen molar-refractivity contribution in [2.45, 2.75) is 0 Å². The van der Waals surface area contributed by atoms with Crippen molar-refractivity contribution >= 4 is 16.7 Å². The quantitative estimate of drug-likeness (QED) is 0.316. The summed E-state index contributed by atoms with van der Waals surface area (Å²) in [5, 5.41) is 11.8. The number of aromatic amines is 2. The van der Waals surface area contributed by atoms with Crippen molar-refractivity contribution in [1.82, 2.24) is 29.1 Å². The predicted octanol–water partition coefficient (Wildman–Crippen LogP) is 0.496. The van der Waals surface area contributed by atoms with Crippen molar-refractivity contribution in [3.63, 3.8) is 0 Å². The minimum atomic E-state index is -0.904. The zero-order valence-corrected chi connectivity index (χ0v) is 12.4. The molecule has 0 aliphatic heterocycles. The molecule has 3 aromatic heterocycles. The van der Waals surface area contributed by atoms with E-state index in [-0.39, 0.29) is 28.1 Å². The average Bonchev–Trinajstić information content (AvgIpc) is 3.28. The number of hydrogen-bond donors (Lipinski definition) is 2. The molecular weight excluding hydrogens is 330 g/mol. The van der Waals surface area contributed by atoms with Crippen LogP contribution in [0.15, 0.2) is 53.1 Å². The lowest BCUT2D eigenvalue weighted by Gasteiger charge is -2.12. The lowest BCUT2D eigenvalue weighted by Crippen LogP contribution is -2.29.